The summed E-state index contributed by atoms with van der Waals surface area (Å²) in [6.45, 7) is 0.450. The highest BCUT2D eigenvalue weighted by atomic mass is 35.5. The van der Waals surface area contributed by atoms with E-state index < -0.39 is 0 Å². The Morgan fingerprint density at radius 1 is 1.00 bits per heavy atom. The summed E-state index contributed by atoms with van der Waals surface area (Å²) < 4.78 is 6.91. The first kappa shape index (κ1) is 20.7. The van der Waals surface area contributed by atoms with Crippen molar-refractivity contribution >= 4 is 34.3 Å². The van der Waals surface area contributed by atoms with E-state index in [1.54, 1.807) is 48.2 Å². The van der Waals surface area contributed by atoms with Gasteiger partial charge >= 0.3 is 0 Å². The van der Waals surface area contributed by atoms with Crippen LogP contribution in [-0.2, 0) is 17.8 Å². The van der Waals surface area contributed by atoms with Crippen LogP contribution >= 0.6 is 11.6 Å². The molecule has 156 valence electrons. The molecule has 0 atom stereocenters. The van der Waals surface area contributed by atoms with Crippen molar-refractivity contribution < 1.29 is 14.3 Å². The SMILES string of the molecule is COc1ccc2c(c1)c(CC(=O)NCc1ccccc1)cn2C(=O)c1ccc(Cl)cc1. The lowest BCUT2D eigenvalue weighted by atomic mass is 10.1. The van der Waals surface area contributed by atoms with E-state index in [-0.39, 0.29) is 18.2 Å². The van der Waals surface area contributed by atoms with E-state index in [9.17, 15) is 9.59 Å². The van der Waals surface area contributed by atoms with Crippen molar-refractivity contribution in [3.05, 3.63) is 101 Å². The average molecular weight is 433 g/mol. The number of aromatic nitrogens is 1. The fourth-order valence-corrected chi connectivity index (χ4v) is 3.60. The van der Waals surface area contributed by atoms with Crippen molar-refractivity contribution in [2.75, 3.05) is 7.11 Å². The fraction of sp³-hybridized carbons (Fsp3) is 0.120. The van der Waals surface area contributed by atoms with E-state index in [0.29, 0.717) is 28.4 Å². The van der Waals surface area contributed by atoms with E-state index >= 15 is 0 Å². The topological polar surface area (TPSA) is 60.3 Å². The third-order valence-electron chi connectivity index (χ3n) is 5.09. The molecule has 3 aromatic carbocycles. The lowest BCUT2D eigenvalue weighted by molar-refractivity contribution is -0.120. The predicted molar refractivity (Wildman–Crippen MR) is 122 cm³/mol. The summed E-state index contributed by atoms with van der Waals surface area (Å²) in [5.41, 5.74) is 3.00. The average Bonchev–Trinajstić information content (AvgIpc) is 3.15. The molecule has 0 saturated heterocycles. The molecule has 1 amide bonds. The Labute approximate surface area is 185 Å². The number of methoxy groups -OCH3 is 1. The molecule has 0 fully saturated rings. The van der Waals surface area contributed by atoms with Gasteiger partial charge in [-0.15, -0.1) is 0 Å². The van der Waals surface area contributed by atoms with Crippen LogP contribution in [0.4, 0.5) is 0 Å². The number of fused-ring (bicyclic) bond motifs is 1. The lowest BCUT2D eigenvalue weighted by Crippen LogP contribution is -2.24. The Bertz CT molecular complexity index is 1230. The zero-order chi connectivity index (χ0) is 21.8. The number of hydrogen-bond acceptors (Lipinski definition) is 3. The van der Waals surface area contributed by atoms with Crippen molar-refractivity contribution in [2.24, 2.45) is 0 Å². The van der Waals surface area contributed by atoms with Gasteiger partial charge in [0.05, 0.1) is 19.0 Å². The van der Waals surface area contributed by atoms with Crippen LogP contribution in [0.1, 0.15) is 21.5 Å². The molecule has 1 N–H and O–H groups in total. The molecule has 0 spiro atoms. The second-order valence-corrected chi connectivity index (χ2v) is 7.60. The van der Waals surface area contributed by atoms with Gasteiger partial charge in [0.25, 0.3) is 5.91 Å². The van der Waals surface area contributed by atoms with Gasteiger partial charge in [-0.2, -0.15) is 0 Å². The smallest absolute Gasteiger partial charge is 0.262 e. The van der Waals surface area contributed by atoms with Gasteiger partial charge in [0.1, 0.15) is 5.75 Å². The van der Waals surface area contributed by atoms with Crippen molar-refractivity contribution in [3.8, 4) is 5.75 Å². The van der Waals surface area contributed by atoms with E-state index in [4.69, 9.17) is 16.3 Å². The van der Waals surface area contributed by atoms with Gasteiger partial charge in [-0.3, -0.25) is 14.2 Å². The molecule has 0 aliphatic rings. The lowest BCUT2D eigenvalue weighted by Gasteiger charge is -2.05. The summed E-state index contributed by atoms with van der Waals surface area (Å²) in [6.07, 6.45) is 1.88. The van der Waals surface area contributed by atoms with Crippen LogP contribution in [0, 0.1) is 0 Å². The Kier molecular flexibility index (Phi) is 6.05. The van der Waals surface area contributed by atoms with Crippen LogP contribution in [0.15, 0.2) is 79.0 Å². The highest BCUT2D eigenvalue weighted by Crippen LogP contribution is 2.27. The van der Waals surface area contributed by atoms with Crippen LogP contribution in [0.3, 0.4) is 0 Å². The number of halogens is 1. The minimum atomic E-state index is -0.192. The van der Waals surface area contributed by atoms with Crippen LogP contribution < -0.4 is 10.1 Å². The number of benzene rings is 3. The molecule has 0 bridgehead atoms. The normalized spacial score (nSPS) is 10.8. The zero-order valence-corrected chi connectivity index (χ0v) is 17.7. The number of hydrogen-bond donors (Lipinski definition) is 1. The number of rotatable bonds is 6. The molecule has 4 rings (SSSR count). The molecule has 0 radical (unpaired) electrons. The van der Waals surface area contributed by atoms with Crippen LogP contribution in [0.25, 0.3) is 10.9 Å². The van der Waals surface area contributed by atoms with Crippen LogP contribution in [0.2, 0.25) is 5.02 Å². The van der Waals surface area contributed by atoms with Crippen molar-refractivity contribution in [2.45, 2.75) is 13.0 Å². The number of carbonyl (C=O) groups is 2. The third kappa shape index (κ3) is 4.62. The van der Waals surface area contributed by atoms with Crippen LogP contribution in [0.5, 0.6) is 5.75 Å². The molecular weight excluding hydrogens is 412 g/mol. The summed E-state index contributed by atoms with van der Waals surface area (Å²) in [5.74, 6) is 0.350. The molecule has 0 saturated carbocycles. The van der Waals surface area contributed by atoms with E-state index in [1.165, 1.54) is 0 Å². The van der Waals surface area contributed by atoms with E-state index in [2.05, 4.69) is 5.32 Å². The summed E-state index contributed by atoms with van der Waals surface area (Å²) in [4.78, 5) is 25.7. The highest BCUT2D eigenvalue weighted by Gasteiger charge is 2.18. The molecule has 4 aromatic rings. The number of amides is 1. The third-order valence-corrected chi connectivity index (χ3v) is 5.34. The quantitative estimate of drug-likeness (QED) is 0.473. The minimum absolute atomic E-state index is 0.121. The van der Waals surface area contributed by atoms with Gasteiger partial charge in [0.2, 0.25) is 5.91 Å². The fourth-order valence-electron chi connectivity index (χ4n) is 3.48. The van der Waals surface area contributed by atoms with Crippen LogP contribution in [-0.4, -0.2) is 23.5 Å². The minimum Gasteiger partial charge on any atom is -0.497 e. The summed E-state index contributed by atoms with van der Waals surface area (Å²) >= 11 is 5.95. The predicted octanol–water partition coefficient (Wildman–Crippen LogP) is 4.85. The first-order valence-electron chi connectivity index (χ1n) is 9.84. The Hall–Kier alpha value is -3.57. The van der Waals surface area contributed by atoms with Crippen molar-refractivity contribution in [1.82, 2.24) is 9.88 Å². The molecule has 0 aliphatic carbocycles. The molecule has 1 aromatic heterocycles. The first-order chi connectivity index (χ1) is 15.0. The van der Waals surface area contributed by atoms with Gasteiger partial charge < -0.3 is 10.1 Å². The maximum absolute atomic E-state index is 13.1. The molecule has 6 heteroatoms. The van der Waals surface area contributed by atoms with Crippen molar-refractivity contribution in [1.29, 1.82) is 0 Å². The zero-order valence-electron chi connectivity index (χ0n) is 17.0. The molecule has 31 heavy (non-hydrogen) atoms. The first-order valence-corrected chi connectivity index (χ1v) is 10.2. The molecule has 0 unspecified atom stereocenters. The van der Waals surface area contributed by atoms with Gasteiger partial charge in [0, 0.05) is 28.7 Å². The maximum atomic E-state index is 13.1. The standard InChI is InChI=1S/C25H21ClN2O3/c1-31-21-11-12-23-22(14-21)19(13-24(29)27-15-17-5-3-2-4-6-17)16-28(23)25(30)18-7-9-20(26)10-8-18/h2-12,14,16H,13,15H2,1H3,(H,27,29). The number of nitrogens with one attached hydrogen (secondary N) is 1. The summed E-state index contributed by atoms with van der Waals surface area (Å²) in [6, 6.07) is 21.9. The largest absolute Gasteiger partial charge is 0.497 e. The molecule has 5 nitrogen and oxygen atoms in total. The Morgan fingerprint density at radius 2 is 1.74 bits per heavy atom. The molecule has 0 aliphatic heterocycles. The molecule has 1 heterocycles. The van der Waals surface area contributed by atoms with Gasteiger partial charge in [0.15, 0.2) is 0 Å². The van der Waals surface area contributed by atoms with E-state index in [1.807, 2.05) is 42.5 Å². The van der Waals surface area contributed by atoms with E-state index in [0.717, 1.165) is 16.5 Å². The second-order valence-electron chi connectivity index (χ2n) is 7.16. The van der Waals surface area contributed by atoms with Crippen molar-refractivity contribution in [3.63, 3.8) is 0 Å². The number of nitrogens with zero attached hydrogens (tertiary/aromatic N) is 1. The molecular formula is C25H21ClN2O3. The van der Waals surface area contributed by atoms with Gasteiger partial charge in [-0.1, -0.05) is 41.9 Å². The number of ether oxygens (including phenoxy) is 1. The maximum Gasteiger partial charge on any atom is 0.262 e. The Morgan fingerprint density at radius 3 is 2.45 bits per heavy atom. The van der Waals surface area contributed by atoms with Gasteiger partial charge in [-0.05, 0) is 53.6 Å². The Balaban J connectivity index is 1.63. The second kappa shape index (κ2) is 9.06. The monoisotopic (exact) mass is 432 g/mol. The number of carbonyl (C=O) groups excluding carboxylic acids is 2. The summed E-state index contributed by atoms with van der Waals surface area (Å²) in [5, 5.41) is 4.30. The summed E-state index contributed by atoms with van der Waals surface area (Å²) in [7, 11) is 1.59. The highest BCUT2D eigenvalue weighted by molar-refractivity contribution is 6.30. The van der Waals surface area contributed by atoms with Gasteiger partial charge in [-0.25, -0.2) is 0 Å².